The summed E-state index contributed by atoms with van der Waals surface area (Å²) in [5.74, 6) is 0.227. The van der Waals surface area contributed by atoms with Crippen LogP contribution < -0.4 is 16.0 Å². The molecule has 3 saturated heterocycles. The molecule has 1 spiro atoms. The molecule has 216 valence electrons. The lowest BCUT2D eigenvalue weighted by Crippen LogP contribution is -2.57. The molecule has 0 radical (unpaired) electrons. The van der Waals surface area contributed by atoms with Crippen LogP contribution in [0.15, 0.2) is 78.9 Å². The second-order valence-electron chi connectivity index (χ2n) is 11.5. The largest absolute Gasteiger partial charge is 0.392 e. The number of hydrogen-bond acceptors (Lipinski definition) is 7. The molecule has 3 heterocycles. The van der Waals surface area contributed by atoms with Crippen LogP contribution in [0, 0.1) is 5.92 Å². The third-order valence-electron chi connectivity index (χ3n) is 9.14. The van der Waals surface area contributed by atoms with Crippen molar-refractivity contribution in [3.63, 3.8) is 0 Å². The number of aliphatic hydroxyl groups is 1. The van der Waals surface area contributed by atoms with Crippen LogP contribution in [-0.4, -0.2) is 53.9 Å². The summed E-state index contributed by atoms with van der Waals surface area (Å²) in [4.78, 5) is 17.8. The molecule has 1 unspecified atom stereocenters. The molecule has 8 nitrogen and oxygen atoms in total. The fraction of sp³-hybridized carbons (Fsp3) is 0.424. The molecule has 8 heteroatoms. The van der Waals surface area contributed by atoms with Crippen LogP contribution in [0.5, 0.6) is 0 Å². The average Bonchev–Trinajstić information content (AvgIpc) is 3.34. The van der Waals surface area contributed by atoms with Gasteiger partial charge in [-0.3, -0.25) is 4.79 Å². The Morgan fingerprint density at radius 1 is 0.927 bits per heavy atom. The van der Waals surface area contributed by atoms with E-state index in [9.17, 15) is 9.90 Å². The van der Waals surface area contributed by atoms with Crippen molar-refractivity contribution in [1.29, 1.82) is 0 Å². The van der Waals surface area contributed by atoms with E-state index >= 15 is 0 Å². The van der Waals surface area contributed by atoms with Gasteiger partial charge in [0.1, 0.15) is 5.54 Å². The number of rotatable bonds is 7. The first-order valence-corrected chi connectivity index (χ1v) is 14.6. The summed E-state index contributed by atoms with van der Waals surface area (Å²) in [7, 11) is 0. The zero-order valence-electron chi connectivity index (χ0n) is 23.6. The van der Waals surface area contributed by atoms with Gasteiger partial charge in [0.25, 0.3) is 0 Å². The van der Waals surface area contributed by atoms with Crippen molar-refractivity contribution in [2.75, 3.05) is 31.2 Å². The highest BCUT2D eigenvalue weighted by Crippen LogP contribution is 2.43. The Morgan fingerprint density at radius 3 is 2.24 bits per heavy atom. The predicted octanol–water partition coefficient (Wildman–Crippen LogP) is 3.86. The van der Waals surface area contributed by atoms with Gasteiger partial charge in [-0.25, -0.2) is 0 Å². The molecule has 3 aromatic carbocycles. The zero-order valence-corrected chi connectivity index (χ0v) is 23.6. The number of nitrogens with two attached hydrogens (primary N) is 1. The van der Waals surface area contributed by atoms with Crippen LogP contribution in [0.1, 0.15) is 54.4 Å². The van der Waals surface area contributed by atoms with Crippen molar-refractivity contribution >= 4 is 11.6 Å². The van der Waals surface area contributed by atoms with Gasteiger partial charge >= 0.3 is 0 Å². The Hall–Kier alpha value is -3.27. The molecule has 0 aromatic heterocycles. The number of ether oxygens (including phenoxy) is 2. The molecule has 1 amide bonds. The van der Waals surface area contributed by atoms with Gasteiger partial charge < -0.3 is 35.4 Å². The Kier molecular flexibility index (Phi) is 8.10. The number of anilines is 1. The molecule has 6 rings (SSSR count). The predicted molar refractivity (Wildman–Crippen MR) is 158 cm³/mol. The fourth-order valence-electron chi connectivity index (χ4n) is 6.53. The first-order valence-electron chi connectivity index (χ1n) is 14.6. The van der Waals surface area contributed by atoms with Crippen molar-refractivity contribution in [2.24, 2.45) is 11.7 Å². The average molecular weight is 557 g/mol. The molecular weight excluding hydrogens is 516 g/mol. The number of piperidine rings is 1. The van der Waals surface area contributed by atoms with Gasteiger partial charge in [-0.05, 0) is 41.7 Å². The summed E-state index contributed by atoms with van der Waals surface area (Å²) in [5.41, 5.74) is 10.4. The van der Waals surface area contributed by atoms with E-state index in [2.05, 4.69) is 34.2 Å². The number of benzene rings is 3. The number of hydrogen-bond donors (Lipinski definition) is 3. The van der Waals surface area contributed by atoms with E-state index in [4.69, 9.17) is 15.2 Å². The number of nitrogens with one attached hydrogen (secondary N) is 1. The van der Waals surface area contributed by atoms with E-state index in [-0.39, 0.29) is 30.6 Å². The number of aliphatic hydroxyl groups excluding tert-OH is 1. The smallest absolute Gasteiger partial charge is 0.247 e. The third-order valence-corrected chi connectivity index (χ3v) is 9.14. The second-order valence-corrected chi connectivity index (χ2v) is 11.5. The lowest BCUT2D eigenvalue weighted by molar-refractivity contribution is -0.276. The topological polar surface area (TPSA) is 100 Å². The minimum absolute atomic E-state index is 0.0133. The van der Waals surface area contributed by atoms with Crippen molar-refractivity contribution in [3.05, 3.63) is 101 Å². The van der Waals surface area contributed by atoms with Gasteiger partial charge in [0.05, 0.1) is 25.5 Å². The molecule has 41 heavy (non-hydrogen) atoms. The molecular formula is C33H40N4O4. The summed E-state index contributed by atoms with van der Waals surface area (Å²) in [6, 6.07) is 26.3. The van der Waals surface area contributed by atoms with E-state index in [0.29, 0.717) is 13.2 Å². The Labute approximate surface area is 242 Å². The summed E-state index contributed by atoms with van der Waals surface area (Å²) in [5, 5.41) is 12.6. The maximum absolute atomic E-state index is 13.1. The molecule has 3 aliphatic heterocycles. The van der Waals surface area contributed by atoms with Crippen LogP contribution in [-0.2, 0) is 27.4 Å². The third kappa shape index (κ3) is 5.50. The number of amides is 1. The lowest BCUT2D eigenvalue weighted by atomic mass is 9.84. The Bertz CT molecular complexity index is 1310. The highest BCUT2D eigenvalue weighted by Gasteiger charge is 2.51. The molecule has 3 fully saturated rings. The first kappa shape index (κ1) is 27.9. The van der Waals surface area contributed by atoms with E-state index in [1.54, 1.807) is 0 Å². The maximum Gasteiger partial charge on any atom is 0.247 e. The van der Waals surface area contributed by atoms with E-state index in [1.807, 2.05) is 66.7 Å². The van der Waals surface area contributed by atoms with Crippen molar-refractivity contribution < 1.29 is 19.4 Å². The summed E-state index contributed by atoms with van der Waals surface area (Å²) in [6.07, 6.45) is 0.798. The highest BCUT2D eigenvalue weighted by molar-refractivity contribution is 5.93. The molecule has 3 aromatic rings. The van der Waals surface area contributed by atoms with Crippen LogP contribution in [0.3, 0.4) is 0 Å². The quantitative estimate of drug-likeness (QED) is 0.406. The number of likely N-dealkylation sites (tertiary alicyclic amines) is 1. The molecule has 0 bridgehead atoms. The lowest BCUT2D eigenvalue weighted by Gasteiger charge is -2.46. The van der Waals surface area contributed by atoms with Crippen molar-refractivity contribution in [2.45, 2.75) is 57.0 Å². The van der Waals surface area contributed by atoms with E-state index in [1.165, 1.54) is 0 Å². The SMILES string of the molecule is C[C@H]1[C@@H](CN2CCC3(CC2)C(=O)NCN3c2ccccc2)OC(c2ccc(CN)cc2)O[C@H]1c1ccc(CO)cc1. The standard InChI is InChI=1S/C33H40N4O4/c1-23-29(20-36-17-15-33(16-18-36)32(39)35-22-37(33)28-5-3-2-4-6-28)40-31(27-13-7-24(19-34)8-14-27)41-30(23)26-11-9-25(21-38)10-12-26/h2-14,23,29-31,38H,15-22,34H2,1H3,(H,35,39)/t23-,29+,30+,31?/m0/s1. The molecule has 4 atom stereocenters. The molecule has 3 aliphatic rings. The van der Waals surface area contributed by atoms with Gasteiger partial charge in [0.15, 0.2) is 6.29 Å². The van der Waals surface area contributed by atoms with Gasteiger partial charge in [-0.1, -0.05) is 73.7 Å². The van der Waals surface area contributed by atoms with Gasteiger partial charge in [0.2, 0.25) is 5.91 Å². The molecule has 0 aliphatic carbocycles. The summed E-state index contributed by atoms with van der Waals surface area (Å²) < 4.78 is 13.3. The van der Waals surface area contributed by atoms with Gasteiger partial charge in [0, 0.05) is 43.3 Å². The monoisotopic (exact) mass is 556 g/mol. The minimum Gasteiger partial charge on any atom is -0.392 e. The maximum atomic E-state index is 13.1. The van der Waals surface area contributed by atoms with Gasteiger partial charge in [-0.15, -0.1) is 0 Å². The molecule has 0 saturated carbocycles. The van der Waals surface area contributed by atoms with E-state index < -0.39 is 11.8 Å². The van der Waals surface area contributed by atoms with Crippen LogP contribution in [0.2, 0.25) is 0 Å². The fourth-order valence-corrected chi connectivity index (χ4v) is 6.53. The number of carbonyl (C=O) groups excluding carboxylic acids is 1. The number of para-hydroxylation sites is 1. The van der Waals surface area contributed by atoms with Gasteiger partial charge in [-0.2, -0.15) is 0 Å². The number of nitrogens with zero attached hydrogens (tertiary/aromatic N) is 2. The Morgan fingerprint density at radius 2 is 1.59 bits per heavy atom. The number of carbonyl (C=O) groups is 1. The summed E-state index contributed by atoms with van der Waals surface area (Å²) >= 11 is 0. The summed E-state index contributed by atoms with van der Waals surface area (Å²) in [6.45, 7) is 5.63. The normalized spacial score (nSPS) is 26.3. The van der Waals surface area contributed by atoms with Crippen molar-refractivity contribution in [1.82, 2.24) is 10.2 Å². The Balaban J connectivity index is 1.20. The zero-order chi connectivity index (χ0) is 28.4. The molecule has 4 N–H and O–H groups in total. The van der Waals surface area contributed by atoms with Crippen LogP contribution in [0.25, 0.3) is 0 Å². The minimum atomic E-state index is -0.510. The second kappa shape index (κ2) is 11.9. The van der Waals surface area contributed by atoms with Crippen molar-refractivity contribution in [3.8, 4) is 0 Å². The van der Waals surface area contributed by atoms with Crippen LogP contribution in [0.4, 0.5) is 5.69 Å². The highest BCUT2D eigenvalue weighted by atomic mass is 16.7. The van der Waals surface area contributed by atoms with E-state index in [0.717, 1.165) is 60.4 Å². The first-order chi connectivity index (χ1) is 20.0. The van der Waals surface area contributed by atoms with Crippen LogP contribution >= 0.6 is 0 Å².